The van der Waals surface area contributed by atoms with Gasteiger partial charge in [-0.3, -0.25) is 24.1 Å². The molecule has 0 aromatic heterocycles. The van der Waals surface area contributed by atoms with Gasteiger partial charge in [0, 0.05) is 26.0 Å². The predicted molar refractivity (Wildman–Crippen MR) is 125 cm³/mol. The molecule has 1 aliphatic heterocycles. The van der Waals surface area contributed by atoms with Gasteiger partial charge in [-0.05, 0) is 20.8 Å². The molecular formula is C16H30BIN3O5PS. The highest BCUT2D eigenvalue weighted by Crippen LogP contribution is 2.30. The number of hydrogen-bond donors (Lipinski definition) is 2. The molecule has 4 unspecified atom stereocenters. The first kappa shape index (κ1) is 27.6. The van der Waals surface area contributed by atoms with E-state index in [1.54, 1.807) is 27.7 Å². The Hall–Kier alpha value is -0.385. The molecule has 4 amide bonds. The van der Waals surface area contributed by atoms with Crippen LogP contribution in [0.1, 0.15) is 41.0 Å². The van der Waals surface area contributed by atoms with Gasteiger partial charge in [0.25, 0.3) is 0 Å². The Bertz CT molecular complexity index is 570. The van der Waals surface area contributed by atoms with E-state index in [4.69, 9.17) is 4.74 Å². The number of hydrogen-bond acceptors (Lipinski definition) is 6. The van der Waals surface area contributed by atoms with Crippen molar-refractivity contribution in [2.24, 2.45) is 5.92 Å². The summed E-state index contributed by atoms with van der Waals surface area (Å²) in [7, 11) is 4.13. The maximum absolute atomic E-state index is 11.5. The van der Waals surface area contributed by atoms with Crippen LogP contribution in [0.3, 0.4) is 0 Å². The van der Waals surface area contributed by atoms with Gasteiger partial charge in [0.2, 0.25) is 23.6 Å². The van der Waals surface area contributed by atoms with Gasteiger partial charge in [0.1, 0.15) is 6.10 Å². The number of imide groups is 1. The van der Waals surface area contributed by atoms with Gasteiger partial charge in [0.15, 0.2) is 0 Å². The Morgan fingerprint density at radius 1 is 1.29 bits per heavy atom. The standard InChI is InChI=1S/C11H22N2O3.C5H8BINO2PS/c1-6-16-8(4)11(15)13-9(5)12-10(14)7(2)3;1-8-4(9)2-3(5(8)10)12-6(7)11/h7-9H,6H2,1-5H3,(H,12,14)(H,13,15);3H,2,11H2,1H3. The van der Waals surface area contributed by atoms with E-state index in [2.05, 4.69) is 42.1 Å². The number of carbonyl (C=O) groups excluding carboxylic acids is 4. The molecule has 0 aliphatic carbocycles. The zero-order chi connectivity index (χ0) is 22.0. The van der Waals surface area contributed by atoms with E-state index in [1.165, 1.54) is 23.6 Å². The third-order valence-corrected chi connectivity index (χ3v) is 5.97. The van der Waals surface area contributed by atoms with Crippen molar-refractivity contribution in [2.75, 3.05) is 13.7 Å². The molecule has 1 fully saturated rings. The Labute approximate surface area is 187 Å². The maximum atomic E-state index is 11.5. The highest BCUT2D eigenvalue weighted by Gasteiger charge is 2.37. The van der Waals surface area contributed by atoms with Gasteiger partial charge >= 0.3 is 3.57 Å². The van der Waals surface area contributed by atoms with Crippen LogP contribution in [0.2, 0.25) is 0 Å². The van der Waals surface area contributed by atoms with Crippen LogP contribution >= 0.6 is 43.1 Å². The largest absolute Gasteiger partial charge is 0.369 e. The molecule has 0 aromatic rings. The van der Waals surface area contributed by atoms with Crippen LogP contribution in [-0.4, -0.2) is 63.3 Å². The molecular weight excluding hydrogens is 515 g/mol. The summed E-state index contributed by atoms with van der Waals surface area (Å²) >= 11 is 3.72. The van der Waals surface area contributed by atoms with Gasteiger partial charge in [-0.25, -0.2) is 0 Å². The van der Waals surface area contributed by atoms with Crippen LogP contribution in [-0.2, 0) is 23.9 Å². The summed E-state index contributed by atoms with van der Waals surface area (Å²) in [6.07, 6.45) is -0.526. The first-order chi connectivity index (χ1) is 12.9. The van der Waals surface area contributed by atoms with E-state index in [-0.39, 0.29) is 44.5 Å². The number of nitrogens with one attached hydrogen (secondary N) is 2. The van der Waals surface area contributed by atoms with Crippen LogP contribution in [0.4, 0.5) is 0 Å². The minimum Gasteiger partial charge on any atom is -0.369 e. The van der Waals surface area contributed by atoms with Crippen LogP contribution in [0.5, 0.6) is 0 Å². The number of carbonyl (C=O) groups is 4. The third-order valence-electron chi connectivity index (χ3n) is 3.66. The lowest BCUT2D eigenvalue weighted by atomic mass is 10.2. The van der Waals surface area contributed by atoms with E-state index in [0.29, 0.717) is 13.0 Å². The maximum Gasteiger partial charge on any atom is 0.303 e. The first-order valence-electron chi connectivity index (χ1n) is 8.98. The van der Waals surface area contributed by atoms with E-state index in [9.17, 15) is 19.2 Å². The van der Waals surface area contributed by atoms with Crippen LogP contribution in [0.25, 0.3) is 0 Å². The predicted octanol–water partition coefficient (Wildman–Crippen LogP) is 1.42. The van der Waals surface area contributed by atoms with Gasteiger partial charge in [-0.1, -0.05) is 13.8 Å². The van der Waals surface area contributed by atoms with Crippen LogP contribution in [0.15, 0.2) is 0 Å². The summed E-state index contributed by atoms with van der Waals surface area (Å²) < 4.78 is 5.42. The normalized spacial score (nSPS) is 18.3. The molecule has 1 saturated heterocycles. The Balaban J connectivity index is 0.000000540. The Morgan fingerprint density at radius 3 is 2.21 bits per heavy atom. The lowest BCUT2D eigenvalue weighted by Gasteiger charge is -2.19. The minimum atomic E-state index is -0.497. The molecule has 28 heavy (non-hydrogen) atoms. The number of nitrogens with zero attached hydrogens (tertiary/aromatic N) is 1. The minimum absolute atomic E-state index is 0.0610. The van der Waals surface area contributed by atoms with E-state index < -0.39 is 6.10 Å². The van der Waals surface area contributed by atoms with Crippen molar-refractivity contribution in [3.63, 3.8) is 0 Å². The van der Waals surface area contributed by atoms with E-state index in [1.807, 2.05) is 6.92 Å². The third kappa shape index (κ3) is 10.4. The summed E-state index contributed by atoms with van der Waals surface area (Å²) in [5, 5.41) is 5.17. The fourth-order valence-electron chi connectivity index (χ4n) is 2.06. The number of ether oxygens (including phenoxy) is 1. The van der Waals surface area contributed by atoms with E-state index >= 15 is 0 Å². The van der Waals surface area contributed by atoms with Crippen molar-refractivity contribution in [3.8, 4) is 0 Å². The molecule has 160 valence electrons. The fraction of sp³-hybridized carbons (Fsp3) is 0.750. The number of rotatable bonds is 8. The lowest BCUT2D eigenvalue weighted by Crippen LogP contribution is -2.49. The molecule has 1 rings (SSSR count). The van der Waals surface area contributed by atoms with Crippen molar-refractivity contribution in [1.82, 2.24) is 15.5 Å². The number of amides is 4. The second-order valence-electron chi connectivity index (χ2n) is 6.46. The quantitative estimate of drug-likeness (QED) is 0.157. The topological polar surface area (TPSA) is 105 Å². The van der Waals surface area contributed by atoms with Crippen LogP contribution < -0.4 is 10.6 Å². The number of likely N-dealkylation sites (tertiary alicyclic amines) is 1. The molecule has 12 heteroatoms. The molecule has 0 saturated carbocycles. The molecule has 1 heterocycles. The lowest BCUT2D eigenvalue weighted by molar-refractivity contribution is -0.137. The van der Waals surface area contributed by atoms with Crippen LogP contribution in [0, 0.1) is 5.92 Å². The zero-order valence-corrected chi connectivity index (χ0v) is 21.3. The van der Waals surface area contributed by atoms with Crippen molar-refractivity contribution < 1.29 is 23.9 Å². The molecule has 8 nitrogen and oxygen atoms in total. The van der Waals surface area contributed by atoms with Gasteiger partial charge in [-0.15, -0.1) is 31.5 Å². The second-order valence-corrected chi connectivity index (χ2v) is 12.5. The van der Waals surface area contributed by atoms with Crippen molar-refractivity contribution in [2.45, 2.75) is 58.6 Å². The van der Waals surface area contributed by atoms with Crippen molar-refractivity contribution in [1.29, 1.82) is 0 Å². The smallest absolute Gasteiger partial charge is 0.303 e. The zero-order valence-electron chi connectivity index (χ0n) is 17.2. The first-order valence-corrected chi connectivity index (χ1v) is 11.8. The highest BCUT2D eigenvalue weighted by molar-refractivity contribution is 14.1. The average Bonchev–Trinajstić information content (AvgIpc) is 2.81. The molecule has 0 aromatic carbocycles. The van der Waals surface area contributed by atoms with Gasteiger partial charge in [0.05, 0.1) is 11.4 Å². The van der Waals surface area contributed by atoms with Gasteiger partial charge < -0.3 is 15.4 Å². The fourth-order valence-corrected chi connectivity index (χ4v) is 4.52. The molecule has 0 bridgehead atoms. The highest BCUT2D eigenvalue weighted by atomic mass is 127. The molecule has 1 aliphatic rings. The van der Waals surface area contributed by atoms with Crippen molar-refractivity contribution >= 4 is 70.3 Å². The summed E-state index contributed by atoms with van der Waals surface area (Å²) in [6.45, 7) is 9.31. The summed E-state index contributed by atoms with van der Waals surface area (Å²) in [5.41, 5.74) is 0. The SMILES string of the molecule is CCOC(C)C(=O)NC(C)NC(=O)C(C)C.CN1C(=O)CC(SB(P)I)C1=O. The molecule has 0 radical (unpaired) electrons. The average molecular weight is 545 g/mol. The summed E-state index contributed by atoms with van der Waals surface area (Å²) in [4.78, 5) is 46.4. The molecule has 4 atom stereocenters. The van der Waals surface area contributed by atoms with E-state index in [0.717, 1.165) is 0 Å². The summed E-state index contributed by atoms with van der Waals surface area (Å²) in [6, 6.07) is 0. The van der Waals surface area contributed by atoms with Gasteiger partial charge in [-0.2, -0.15) is 11.6 Å². The molecule has 2 N–H and O–H groups in total. The Kier molecular flexibility index (Phi) is 13.6. The monoisotopic (exact) mass is 545 g/mol. The second kappa shape index (κ2) is 13.8. The Morgan fingerprint density at radius 2 is 1.82 bits per heavy atom. The summed E-state index contributed by atoms with van der Waals surface area (Å²) in [5.74, 6) is -0.535. The molecule has 0 spiro atoms. The van der Waals surface area contributed by atoms with Crippen molar-refractivity contribution in [3.05, 3.63) is 0 Å². The number of halogens is 1.